The minimum absolute atomic E-state index is 0.0905. The van der Waals surface area contributed by atoms with Crippen LogP contribution in [0.15, 0.2) is 60.9 Å². The molecule has 4 N–H and O–H groups in total. The number of aliphatic hydroxyl groups is 1. The van der Waals surface area contributed by atoms with Crippen LogP contribution in [-0.4, -0.2) is 47.1 Å². The van der Waals surface area contributed by atoms with E-state index in [1.807, 2.05) is 19.0 Å². The Balaban J connectivity index is 1.82. The van der Waals surface area contributed by atoms with Crippen LogP contribution >= 0.6 is 11.6 Å². The molecule has 4 aromatic rings. The highest BCUT2D eigenvalue weighted by molar-refractivity contribution is 6.32. The number of aromatic nitrogens is 2. The first kappa shape index (κ1) is 33.4. The number of hydrogen-bond donors (Lipinski definition) is 3. The van der Waals surface area contributed by atoms with E-state index in [0.29, 0.717) is 34.1 Å². The van der Waals surface area contributed by atoms with Crippen molar-refractivity contribution in [3.05, 3.63) is 88.5 Å². The van der Waals surface area contributed by atoms with E-state index in [2.05, 4.69) is 15.3 Å². The highest BCUT2D eigenvalue weighted by Gasteiger charge is 2.35. The lowest BCUT2D eigenvalue weighted by atomic mass is 9.95. The Labute approximate surface area is 261 Å². The summed E-state index contributed by atoms with van der Waals surface area (Å²) in [5.41, 5.74) is 3.95. The van der Waals surface area contributed by atoms with Gasteiger partial charge in [-0.15, -0.1) is 0 Å². The third kappa shape index (κ3) is 7.44. The fourth-order valence-electron chi connectivity index (χ4n) is 4.64. The van der Waals surface area contributed by atoms with Crippen molar-refractivity contribution in [2.24, 2.45) is 5.73 Å². The number of benzene rings is 3. The third-order valence-electron chi connectivity index (χ3n) is 6.78. The second-order valence-corrected chi connectivity index (χ2v) is 11.1. The molecule has 0 fully saturated rings. The first-order chi connectivity index (χ1) is 21.0. The first-order valence-corrected chi connectivity index (χ1v) is 13.7. The standard InChI is InChI=1S/C31H30ClF4N5O4/c1-30(2,43)19-12-26(45-24-8-6-7-18(28(24)33)31(34,35)36)20(32)13-22(19)40-29-16-11-17(23(41(3)4)9-10-27(37)42)25(44-5)14-21(16)38-15-39-29/h6-15,23,43H,1-5H3,(H2,37,42)(H,38,39,40). The number of fused-ring (bicyclic) bond motifs is 1. The van der Waals surface area contributed by atoms with Gasteiger partial charge < -0.3 is 25.6 Å². The number of alkyl halides is 3. The summed E-state index contributed by atoms with van der Waals surface area (Å²) in [6.07, 6.45) is -0.740. The number of primary amides is 1. The molecule has 4 rings (SSSR count). The zero-order valence-corrected chi connectivity index (χ0v) is 25.6. The predicted molar refractivity (Wildman–Crippen MR) is 162 cm³/mol. The molecular formula is C31H30ClF4N5O4. The summed E-state index contributed by atoms with van der Waals surface area (Å²) in [6.45, 7) is 2.95. The number of rotatable bonds is 10. The Morgan fingerprint density at radius 1 is 1.09 bits per heavy atom. The minimum Gasteiger partial charge on any atom is -0.496 e. The lowest BCUT2D eigenvalue weighted by Crippen LogP contribution is -2.20. The smallest absolute Gasteiger partial charge is 0.419 e. The Bertz CT molecular complexity index is 1770. The lowest BCUT2D eigenvalue weighted by Gasteiger charge is -2.25. The predicted octanol–water partition coefficient (Wildman–Crippen LogP) is 6.86. The number of hydrogen-bond acceptors (Lipinski definition) is 8. The molecule has 0 aliphatic rings. The van der Waals surface area contributed by atoms with E-state index < -0.39 is 40.9 Å². The summed E-state index contributed by atoms with van der Waals surface area (Å²) in [5, 5.41) is 14.6. The number of carbonyl (C=O) groups is 1. The van der Waals surface area contributed by atoms with Crippen LogP contribution < -0.4 is 20.5 Å². The molecule has 45 heavy (non-hydrogen) atoms. The number of amides is 1. The van der Waals surface area contributed by atoms with Crippen molar-refractivity contribution < 1.29 is 36.9 Å². The van der Waals surface area contributed by atoms with E-state index in [4.69, 9.17) is 26.8 Å². The van der Waals surface area contributed by atoms with Crippen LogP contribution in [0.5, 0.6) is 17.2 Å². The van der Waals surface area contributed by atoms with Crippen LogP contribution in [0.4, 0.5) is 29.1 Å². The van der Waals surface area contributed by atoms with E-state index >= 15 is 0 Å². The van der Waals surface area contributed by atoms with Crippen LogP contribution in [0.3, 0.4) is 0 Å². The van der Waals surface area contributed by atoms with Gasteiger partial charge in [-0.2, -0.15) is 13.2 Å². The number of carbonyl (C=O) groups excluding carboxylic acids is 1. The summed E-state index contributed by atoms with van der Waals surface area (Å²) >= 11 is 6.48. The molecule has 0 saturated carbocycles. The Morgan fingerprint density at radius 3 is 2.40 bits per heavy atom. The van der Waals surface area contributed by atoms with Gasteiger partial charge in [0.05, 0.1) is 34.9 Å². The molecule has 0 saturated heterocycles. The Morgan fingerprint density at radius 2 is 1.80 bits per heavy atom. The molecule has 0 spiro atoms. The molecule has 0 radical (unpaired) electrons. The third-order valence-corrected chi connectivity index (χ3v) is 7.07. The van der Waals surface area contributed by atoms with Crippen LogP contribution in [0.1, 0.15) is 36.6 Å². The highest BCUT2D eigenvalue weighted by atomic mass is 35.5. The number of methoxy groups -OCH3 is 1. The van der Waals surface area contributed by atoms with E-state index in [9.17, 15) is 27.5 Å². The molecule has 1 heterocycles. The van der Waals surface area contributed by atoms with Crippen molar-refractivity contribution in [3.8, 4) is 17.2 Å². The molecule has 0 aliphatic carbocycles. The first-order valence-electron chi connectivity index (χ1n) is 13.3. The summed E-state index contributed by atoms with van der Waals surface area (Å²) in [4.78, 5) is 22.0. The van der Waals surface area contributed by atoms with Crippen molar-refractivity contribution in [2.75, 3.05) is 26.5 Å². The average Bonchev–Trinajstić information content (AvgIpc) is 2.93. The maximum Gasteiger partial charge on any atom is 0.419 e. The van der Waals surface area contributed by atoms with E-state index in [1.165, 1.54) is 45.5 Å². The lowest BCUT2D eigenvalue weighted by molar-refractivity contribution is -0.140. The van der Waals surface area contributed by atoms with Gasteiger partial charge in [0.2, 0.25) is 5.91 Å². The molecule has 1 aromatic heterocycles. The van der Waals surface area contributed by atoms with Gasteiger partial charge in [-0.1, -0.05) is 23.7 Å². The second-order valence-electron chi connectivity index (χ2n) is 10.7. The summed E-state index contributed by atoms with van der Waals surface area (Å²) < 4.78 is 65.6. The number of ether oxygens (including phenoxy) is 2. The zero-order valence-electron chi connectivity index (χ0n) is 24.8. The van der Waals surface area contributed by atoms with Crippen molar-refractivity contribution in [2.45, 2.75) is 31.7 Å². The number of anilines is 2. The molecule has 238 valence electrons. The van der Waals surface area contributed by atoms with Gasteiger partial charge in [0, 0.05) is 34.3 Å². The average molecular weight is 648 g/mol. The number of likely N-dealkylation sites (N-methyl/N-ethyl adjacent to an activating group) is 1. The molecule has 3 aromatic carbocycles. The zero-order chi connectivity index (χ0) is 33.3. The van der Waals surface area contributed by atoms with Gasteiger partial charge in [-0.25, -0.2) is 14.4 Å². The van der Waals surface area contributed by atoms with Crippen LogP contribution in [0.2, 0.25) is 5.02 Å². The van der Waals surface area contributed by atoms with Gasteiger partial charge in [-0.05, 0) is 58.3 Å². The van der Waals surface area contributed by atoms with Crippen molar-refractivity contribution in [1.29, 1.82) is 0 Å². The SMILES string of the molecule is COc1cc2ncnc(Nc3cc(Cl)c(Oc4cccc(C(F)(F)F)c4F)cc3C(C)(C)O)c2cc1C(C=CC(N)=O)N(C)C. The van der Waals surface area contributed by atoms with E-state index in [0.717, 1.165) is 12.1 Å². The van der Waals surface area contributed by atoms with Crippen molar-refractivity contribution >= 4 is 39.9 Å². The number of nitrogens with two attached hydrogens (primary N) is 1. The van der Waals surface area contributed by atoms with Crippen molar-refractivity contribution in [1.82, 2.24) is 14.9 Å². The Kier molecular flexibility index (Phi) is 9.57. The van der Waals surface area contributed by atoms with Gasteiger partial charge in [0.15, 0.2) is 11.6 Å². The summed E-state index contributed by atoms with van der Waals surface area (Å²) in [5.74, 6) is -2.31. The van der Waals surface area contributed by atoms with Crippen LogP contribution in [0.25, 0.3) is 10.9 Å². The van der Waals surface area contributed by atoms with E-state index in [1.54, 1.807) is 18.2 Å². The number of nitrogens with one attached hydrogen (secondary N) is 1. The van der Waals surface area contributed by atoms with Gasteiger partial charge in [-0.3, -0.25) is 9.69 Å². The van der Waals surface area contributed by atoms with Gasteiger partial charge >= 0.3 is 6.18 Å². The molecule has 0 bridgehead atoms. The molecular weight excluding hydrogens is 618 g/mol. The largest absolute Gasteiger partial charge is 0.496 e. The maximum absolute atomic E-state index is 14.7. The molecule has 9 nitrogen and oxygen atoms in total. The fraction of sp³-hybridized carbons (Fsp3) is 0.258. The minimum atomic E-state index is -4.94. The summed E-state index contributed by atoms with van der Waals surface area (Å²) in [6, 6.07) is 8.39. The molecule has 0 aliphatic heterocycles. The highest BCUT2D eigenvalue weighted by Crippen LogP contribution is 2.43. The summed E-state index contributed by atoms with van der Waals surface area (Å²) in [7, 11) is 5.13. The van der Waals surface area contributed by atoms with Crippen LogP contribution in [-0.2, 0) is 16.6 Å². The Hall–Kier alpha value is -4.46. The topological polar surface area (TPSA) is 123 Å². The number of halogens is 5. The monoisotopic (exact) mass is 647 g/mol. The number of nitrogens with zero attached hydrogens (tertiary/aromatic N) is 3. The van der Waals surface area contributed by atoms with Gasteiger partial charge in [0.25, 0.3) is 0 Å². The molecule has 1 atom stereocenters. The molecule has 14 heteroatoms. The van der Waals surface area contributed by atoms with E-state index in [-0.39, 0.29) is 22.0 Å². The normalized spacial score (nSPS) is 13.0. The fourth-order valence-corrected chi connectivity index (χ4v) is 4.85. The quantitative estimate of drug-likeness (QED) is 0.126. The molecule has 1 amide bonds. The second kappa shape index (κ2) is 12.9. The molecule has 1 unspecified atom stereocenters. The maximum atomic E-state index is 14.7. The van der Waals surface area contributed by atoms with Crippen LogP contribution in [0, 0.1) is 5.82 Å². The van der Waals surface area contributed by atoms with Crippen molar-refractivity contribution in [3.63, 3.8) is 0 Å². The van der Waals surface area contributed by atoms with Gasteiger partial charge in [0.1, 0.15) is 23.6 Å².